The molecule has 1 unspecified atom stereocenters. The van der Waals surface area contributed by atoms with Crippen LogP contribution in [-0.4, -0.2) is 39.8 Å². The van der Waals surface area contributed by atoms with Gasteiger partial charge in [-0.25, -0.2) is 0 Å². The van der Waals surface area contributed by atoms with E-state index in [1.54, 1.807) is 7.11 Å². The van der Waals surface area contributed by atoms with E-state index >= 15 is 0 Å². The summed E-state index contributed by atoms with van der Waals surface area (Å²) in [5, 5.41) is 6.87. The minimum absolute atomic E-state index is 0.606. The first kappa shape index (κ1) is 19.1. The Bertz CT molecular complexity index is 757. The maximum atomic E-state index is 5.34. The van der Waals surface area contributed by atoms with E-state index in [9.17, 15) is 0 Å². The van der Waals surface area contributed by atoms with Crippen LogP contribution in [0.3, 0.4) is 0 Å². The second kappa shape index (κ2) is 9.31. The molecule has 0 aromatic heterocycles. The molecule has 3 rings (SSSR count). The standard InChI is InChI=1S/C22H30N4O/c1-17-7-9-18(10-8-17)14-24-22(23-2)25-15-19-11-12-26(16-19)20-5-4-6-21(13-20)27-3/h4-10,13,19H,11-12,14-16H2,1-3H3,(H2,23,24,25). The lowest BCUT2D eigenvalue weighted by atomic mass is 10.1. The SMILES string of the molecule is CN=C(NCc1ccc(C)cc1)NCC1CCN(c2cccc(OC)c2)C1. The van der Waals surface area contributed by atoms with E-state index in [0.29, 0.717) is 5.92 Å². The van der Waals surface area contributed by atoms with Crippen LogP contribution in [0.1, 0.15) is 17.5 Å². The molecule has 1 aliphatic heterocycles. The number of nitrogens with zero attached hydrogens (tertiary/aromatic N) is 2. The minimum atomic E-state index is 0.606. The lowest BCUT2D eigenvalue weighted by molar-refractivity contribution is 0.415. The Labute approximate surface area is 162 Å². The Balaban J connectivity index is 1.45. The third-order valence-electron chi connectivity index (χ3n) is 5.07. The topological polar surface area (TPSA) is 48.9 Å². The maximum absolute atomic E-state index is 5.34. The van der Waals surface area contributed by atoms with E-state index in [4.69, 9.17) is 4.74 Å². The average Bonchev–Trinajstić information content (AvgIpc) is 3.18. The molecule has 0 spiro atoms. The molecule has 5 heteroatoms. The lowest BCUT2D eigenvalue weighted by Gasteiger charge is -2.20. The molecule has 2 aromatic rings. The number of rotatable bonds is 6. The summed E-state index contributed by atoms with van der Waals surface area (Å²) < 4.78 is 5.34. The molecular weight excluding hydrogens is 336 g/mol. The van der Waals surface area contributed by atoms with Crippen LogP contribution in [0.4, 0.5) is 5.69 Å². The second-order valence-corrected chi connectivity index (χ2v) is 7.09. The maximum Gasteiger partial charge on any atom is 0.191 e. The van der Waals surface area contributed by atoms with Crippen molar-refractivity contribution in [2.24, 2.45) is 10.9 Å². The molecule has 27 heavy (non-hydrogen) atoms. The van der Waals surface area contributed by atoms with Crippen LogP contribution in [-0.2, 0) is 6.54 Å². The summed E-state index contributed by atoms with van der Waals surface area (Å²) in [4.78, 5) is 6.77. The molecule has 0 radical (unpaired) electrons. The van der Waals surface area contributed by atoms with Crippen molar-refractivity contribution < 1.29 is 4.74 Å². The lowest BCUT2D eigenvalue weighted by Crippen LogP contribution is -2.39. The molecule has 0 amide bonds. The summed E-state index contributed by atoms with van der Waals surface area (Å²) in [5.41, 5.74) is 3.77. The molecule has 144 valence electrons. The molecule has 5 nitrogen and oxygen atoms in total. The first-order chi connectivity index (χ1) is 13.2. The zero-order chi connectivity index (χ0) is 19.1. The number of aryl methyl sites for hydroxylation is 1. The zero-order valence-electron chi connectivity index (χ0n) is 16.5. The number of methoxy groups -OCH3 is 1. The van der Waals surface area contributed by atoms with Gasteiger partial charge in [-0.2, -0.15) is 0 Å². The van der Waals surface area contributed by atoms with Crippen molar-refractivity contribution in [1.82, 2.24) is 10.6 Å². The summed E-state index contributed by atoms with van der Waals surface area (Å²) in [6.07, 6.45) is 1.18. The van der Waals surface area contributed by atoms with Crippen molar-refractivity contribution in [3.05, 3.63) is 59.7 Å². The smallest absolute Gasteiger partial charge is 0.191 e. The van der Waals surface area contributed by atoms with Gasteiger partial charge in [-0.3, -0.25) is 4.99 Å². The summed E-state index contributed by atoms with van der Waals surface area (Å²) >= 11 is 0. The van der Waals surface area contributed by atoms with Crippen LogP contribution in [0.15, 0.2) is 53.5 Å². The van der Waals surface area contributed by atoms with Gasteiger partial charge in [0.1, 0.15) is 5.75 Å². The monoisotopic (exact) mass is 366 g/mol. The molecule has 2 aromatic carbocycles. The minimum Gasteiger partial charge on any atom is -0.497 e. The number of aliphatic imine (C=N–C) groups is 1. The van der Waals surface area contributed by atoms with Gasteiger partial charge in [0.2, 0.25) is 0 Å². The normalized spacial score (nSPS) is 17.1. The van der Waals surface area contributed by atoms with E-state index in [0.717, 1.165) is 37.9 Å². The number of hydrogen-bond donors (Lipinski definition) is 2. The number of benzene rings is 2. The van der Waals surface area contributed by atoms with E-state index in [-0.39, 0.29) is 0 Å². The highest BCUT2D eigenvalue weighted by atomic mass is 16.5. The molecule has 1 fully saturated rings. The molecule has 0 saturated carbocycles. The quantitative estimate of drug-likeness (QED) is 0.609. The van der Waals surface area contributed by atoms with Crippen LogP contribution in [0.2, 0.25) is 0 Å². The fraction of sp³-hybridized carbons (Fsp3) is 0.409. The van der Waals surface area contributed by atoms with E-state index < -0.39 is 0 Å². The van der Waals surface area contributed by atoms with Gasteiger partial charge in [0, 0.05) is 45.0 Å². The first-order valence-electron chi connectivity index (χ1n) is 9.57. The van der Waals surface area contributed by atoms with Crippen LogP contribution >= 0.6 is 0 Å². The molecule has 1 atom stereocenters. The zero-order valence-corrected chi connectivity index (χ0v) is 16.5. The van der Waals surface area contributed by atoms with Crippen molar-refractivity contribution in [3.63, 3.8) is 0 Å². The van der Waals surface area contributed by atoms with Crippen LogP contribution < -0.4 is 20.3 Å². The summed E-state index contributed by atoms with van der Waals surface area (Å²) in [6.45, 7) is 5.94. The van der Waals surface area contributed by atoms with Crippen LogP contribution in [0, 0.1) is 12.8 Å². The molecule has 0 aliphatic carbocycles. The van der Waals surface area contributed by atoms with Gasteiger partial charge in [0.05, 0.1) is 7.11 Å². The van der Waals surface area contributed by atoms with E-state index in [2.05, 4.69) is 69.9 Å². The van der Waals surface area contributed by atoms with Gasteiger partial charge < -0.3 is 20.3 Å². The largest absolute Gasteiger partial charge is 0.497 e. The molecule has 0 bridgehead atoms. The number of hydrogen-bond acceptors (Lipinski definition) is 3. The third-order valence-corrected chi connectivity index (χ3v) is 5.07. The highest BCUT2D eigenvalue weighted by Crippen LogP contribution is 2.26. The Hall–Kier alpha value is -2.69. The molecule has 1 saturated heterocycles. The van der Waals surface area contributed by atoms with Gasteiger partial charge in [-0.1, -0.05) is 35.9 Å². The first-order valence-corrected chi connectivity index (χ1v) is 9.57. The van der Waals surface area contributed by atoms with Gasteiger partial charge in [-0.15, -0.1) is 0 Å². The number of guanidine groups is 1. The van der Waals surface area contributed by atoms with Crippen molar-refractivity contribution >= 4 is 11.6 Å². The Kier molecular flexibility index (Phi) is 6.58. The molecule has 1 aliphatic rings. The van der Waals surface area contributed by atoms with Crippen LogP contribution in [0.25, 0.3) is 0 Å². The summed E-state index contributed by atoms with van der Waals surface area (Å²) in [7, 11) is 3.53. The number of anilines is 1. The molecule has 2 N–H and O–H groups in total. The summed E-state index contributed by atoms with van der Waals surface area (Å²) in [6, 6.07) is 16.9. The van der Waals surface area contributed by atoms with Gasteiger partial charge in [0.15, 0.2) is 5.96 Å². The summed E-state index contributed by atoms with van der Waals surface area (Å²) in [5.74, 6) is 2.37. The van der Waals surface area contributed by atoms with Gasteiger partial charge in [0.25, 0.3) is 0 Å². The average molecular weight is 367 g/mol. The number of ether oxygens (including phenoxy) is 1. The number of nitrogens with one attached hydrogen (secondary N) is 2. The Morgan fingerprint density at radius 3 is 2.74 bits per heavy atom. The van der Waals surface area contributed by atoms with Gasteiger partial charge >= 0.3 is 0 Å². The third kappa shape index (κ3) is 5.39. The predicted octanol–water partition coefficient (Wildman–Crippen LogP) is 3.20. The van der Waals surface area contributed by atoms with Crippen LogP contribution in [0.5, 0.6) is 5.75 Å². The Morgan fingerprint density at radius 1 is 1.19 bits per heavy atom. The fourth-order valence-corrected chi connectivity index (χ4v) is 3.39. The highest BCUT2D eigenvalue weighted by molar-refractivity contribution is 5.79. The highest BCUT2D eigenvalue weighted by Gasteiger charge is 2.23. The van der Waals surface area contributed by atoms with Crippen molar-refractivity contribution in [2.75, 3.05) is 38.7 Å². The van der Waals surface area contributed by atoms with Crippen molar-refractivity contribution in [2.45, 2.75) is 19.9 Å². The fourth-order valence-electron chi connectivity index (χ4n) is 3.39. The van der Waals surface area contributed by atoms with Crippen molar-refractivity contribution in [1.29, 1.82) is 0 Å². The molecule has 1 heterocycles. The second-order valence-electron chi connectivity index (χ2n) is 7.09. The van der Waals surface area contributed by atoms with E-state index in [1.807, 2.05) is 13.1 Å². The Morgan fingerprint density at radius 2 is 2.00 bits per heavy atom. The molecular formula is C22H30N4O. The van der Waals surface area contributed by atoms with E-state index in [1.165, 1.54) is 23.2 Å². The van der Waals surface area contributed by atoms with Gasteiger partial charge in [-0.05, 0) is 37.0 Å². The van der Waals surface area contributed by atoms with Crippen molar-refractivity contribution in [3.8, 4) is 5.75 Å². The predicted molar refractivity (Wildman–Crippen MR) is 113 cm³/mol.